The maximum atomic E-state index is 9.19. The predicted molar refractivity (Wildman–Crippen MR) is 81.5 cm³/mol. The molecular weight excluding hydrogens is 250 g/mol. The van der Waals surface area contributed by atoms with Crippen LogP contribution in [0, 0.1) is 0 Å². The van der Waals surface area contributed by atoms with E-state index in [0.29, 0.717) is 6.61 Å². The van der Waals surface area contributed by atoms with Crippen molar-refractivity contribution in [2.24, 2.45) is 0 Å². The van der Waals surface area contributed by atoms with E-state index in [-0.39, 0.29) is 12.6 Å². The zero-order chi connectivity index (χ0) is 14.2. The van der Waals surface area contributed by atoms with E-state index >= 15 is 0 Å². The van der Waals surface area contributed by atoms with Crippen molar-refractivity contribution in [3.8, 4) is 11.1 Å². The molecule has 0 aliphatic carbocycles. The number of rotatable bonds is 7. The van der Waals surface area contributed by atoms with Crippen LogP contribution in [-0.4, -0.2) is 31.5 Å². The molecule has 0 spiro atoms. The summed E-state index contributed by atoms with van der Waals surface area (Å²) in [4.78, 5) is 0. The number of hydrogen-bond donors (Lipinski definition) is 2. The molecule has 0 bridgehead atoms. The SMILES string of the molecule is COCC(CO)NCc1ccc(-c2ccccc2)cc1. The van der Waals surface area contributed by atoms with Crippen molar-refractivity contribution in [1.29, 1.82) is 0 Å². The van der Waals surface area contributed by atoms with Gasteiger partial charge in [0.2, 0.25) is 0 Å². The summed E-state index contributed by atoms with van der Waals surface area (Å²) in [7, 11) is 1.64. The second-order valence-corrected chi connectivity index (χ2v) is 4.78. The standard InChI is InChI=1S/C17H21NO2/c1-20-13-17(12-19)18-11-14-7-9-16(10-8-14)15-5-3-2-4-6-15/h2-10,17-19H,11-13H2,1H3. The highest BCUT2D eigenvalue weighted by atomic mass is 16.5. The molecule has 0 saturated carbocycles. The Labute approximate surface area is 120 Å². The first-order chi connectivity index (χ1) is 9.83. The van der Waals surface area contributed by atoms with E-state index < -0.39 is 0 Å². The van der Waals surface area contributed by atoms with Crippen LogP contribution in [0.4, 0.5) is 0 Å². The van der Waals surface area contributed by atoms with Crippen LogP contribution in [0.3, 0.4) is 0 Å². The molecule has 0 aromatic heterocycles. The number of nitrogens with one attached hydrogen (secondary N) is 1. The van der Waals surface area contributed by atoms with E-state index in [1.54, 1.807) is 7.11 Å². The highest BCUT2D eigenvalue weighted by Gasteiger charge is 2.05. The van der Waals surface area contributed by atoms with Crippen molar-refractivity contribution in [1.82, 2.24) is 5.32 Å². The first-order valence-electron chi connectivity index (χ1n) is 6.81. The van der Waals surface area contributed by atoms with Gasteiger partial charge < -0.3 is 15.2 Å². The molecule has 20 heavy (non-hydrogen) atoms. The topological polar surface area (TPSA) is 41.5 Å². The lowest BCUT2D eigenvalue weighted by Crippen LogP contribution is -2.35. The Morgan fingerprint density at radius 1 is 1.00 bits per heavy atom. The Balaban J connectivity index is 1.95. The van der Waals surface area contributed by atoms with Gasteiger partial charge in [0, 0.05) is 13.7 Å². The molecule has 0 saturated heterocycles. The Hall–Kier alpha value is -1.68. The van der Waals surface area contributed by atoms with Crippen LogP contribution in [0.1, 0.15) is 5.56 Å². The summed E-state index contributed by atoms with van der Waals surface area (Å²) in [6.45, 7) is 1.32. The highest BCUT2D eigenvalue weighted by molar-refractivity contribution is 5.63. The van der Waals surface area contributed by atoms with Crippen molar-refractivity contribution >= 4 is 0 Å². The minimum atomic E-state index is -0.0196. The fourth-order valence-electron chi connectivity index (χ4n) is 2.09. The van der Waals surface area contributed by atoms with E-state index in [1.807, 2.05) is 18.2 Å². The first-order valence-corrected chi connectivity index (χ1v) is 6.81. The molecule has 0 radical (unpaired) electrons. The molecule has 0 aliphatic heterocycles. The molecule has 3 nitrogen and oxygen atoms in total. The van der Waals surface area contributed by atoms with Gasteiger partial charge in [-0.2, -0.15) is 0 Å². The summed E-state index contributed by atoms with van der Waals surface area (Å²) >= 11 is 0. The summed E-state index contributed by atoms with van der Waals surface area (Å²) in [6.07, 6.45) is 0. The molecule has 0 amide bonds. The third-order valence-electron chi connectivity index (χ3n) is 3.24. The summed E-state index contributed by atoms with van der Waals surface area (Å²) < 4.78 is 5.04. The van der Waals surface area contributed by atoms with E-state index in [2.05, 4.69) is 41.7 Å². The van der Waals surface area contributed by atoms with Crippen LogP contribution in [-0.2, 0) is 11.3 Å². The van der Waals surface area contributed by atoms with Gasteiger partial charge in [-0.1, -0.05) is 54.6 Å². The molecule has 2 aromatic rings. The van der Waals surface area contributed by atoms with Gasteiger partial charge in [-0.25, -0.2) is 0 Å². The maximum Gasteiger partial charge on any atom is 0.0638 e. The Kier molecular flexibility index (Phi) is 5.74. The van der Waals surface area contributed by atoms with Gasteiger partial charge in [0.25, 0.3) is 0 Å². The van der Waals surface area contributed by atoms with Gasteiger partial charge in [-0.15, -0.1) is 0 Å². The molecule has 0 aliphatic rings. The average Bonchev–Trinajstić information content (AvgIpc) is 2.53. The monoisotopic (exact) mass is 271 g/mol. The van der Waals surface area contributed by atoms with Crippen molar-refractivity contribution in [2.75, 3.05) is 20.3 Å². The van der Waals surface area contributed by atoms with Crippen LogP contribution in [0.25, 0.3) is 11.1 Å². The van der Waals surface area contributed by atoms with E-state index in [4.69, 9.17) is 4.74 Å². The summed E-state index contributed by atoms with van der Waals surface area (Å²) in [5.74, 6) is 0. The molecular formula is C17H21NO2. The minimum Gasteiger partial charge on any atom is -0.395 e. The lowest BCUT2D eigenvalue weighted by Gasteiger charge is -2.15. The fourth-order valence-corrected chi connectivity index (χ4v) is 2.09. The molecule has 106 valence electrons. The normalized spacial score (nSPS) is 12.3. The number of hydrogen-bond acceptors (Lipinski definition) is 3. The molecule has 1 unspecified atom stereocenters. The molecule has 2 N–H and O–H groups in total. The summed E-state index contributed by atoms with van der Waals surface area (Å²) in [6, 6.07) is 18.8. The number of benzene rings is 2. The number of aliphatic hydroxyl groups is 1. The van der Waals surface area contributed by atoms with Crippen molar-refractivity contribution in [2.45, 2.75) is 12.6 Å². The number of methoxy groups -OCH3 is 1. The van der Waals surface area contributed by atoms with Crippen LogP contribution in [0.2, 0.25) is 0 Å². The zero-order valence-corrected chi connectivity index (χ0v) is 11.8. The van der Waals surface area contributed by atoms with E-state index in [1.165, 1.54) is 16.7 Å². The lowest BCUT2D eigenvalue weighted by molar-refractivity contribution is 0.128. The van der Waals surface area contributed by atoms with Crippen LogP contribution >= 0.6 is 0 Å². The van der Waals surface area contributed by atoms with Crippen LogP contribution in [0.5, 0.6) is 0 Å². The minimum absolute atomic E-state index is 0.0196. The third kappa shape index (κ3) is 4.17. The third-order valence-corrected chi connectivity index (χ3v) is 3.24. The predicted octanol–water partition coefficient (Wildman–Crippen LogP) is 2.45. The van der Waals surface area contributed by atoms with Gasteiger partial charge >= 0.3 is 0 Å². The Morgan fingerprint density at radius 3 is 2.25 bits per heavy atom. The molecule has 0 heterocycles. The molecule has 1 atom stereocenters. The summed E-state index contributed by atoms with van der Waals surface area (Å²) in [5.41, 5.74) is 3.63. The second-order valence-electron chi connectivity index (χ2n) is 4.78. The Bertz CT molecular complexity index is 496. The molecule has 3 heteroatoms. The van der Waals surface area contributed by atoms with Gasteiger partial charge in [0.1, 0.15) is 0 Å². The average molecular weight is 271 g/mol. The zero-order valence-electron chi connectivity index (χ0n) is 11.8. The lowest BCUT2D eigenvalue weighted by atomic mass is 10.0. The fraction of sp³-hybridized carbons (Fsp3) is 0.294. The van der Waals surface area contributed by atoms with Crippen molar-refractivity contribution in [3.63, 3.8) is 0 Å². The van der Waals surface area contributed by atoms with E-state index in [0.717, 1.165) is 6.54 Å². The first kappa shape index (κ1) is 14.7. The van der Waals surface area contributed by atoms with Gasteiger partial charge in [0.05, 0.1) is 19.3 Å². The van der Waals surface area contributed by atoms with E-state index in [9.17, 15) is 5.11 Å². The largest absolute Gasteiger partial charge is 0.395 e. The number of aliphatic hydroxyl groups excluding tert-OH is 1. The Morgan fingerprint density at radius 2 is 1.65 bits per heavy atom. The smallest absolute Gasteiger partial charge is 0.0638 e. The van der Waals surface area contributed by atoms with Crippen molar-refractivity contribution in [3.05, 3.63) is 60.2 Å². The van der Waals surface area contributed by atoms with Gasteiger partial charge in [0.15, 0.2) is 0 Å². The molecule has 0 fully saturated rings. The highest BCUT2D eigenvalue weighted by Crippen LogP contribution is 2.19. The maximum absolute atomic E-state index is 9.19. The summed E-state index contributed by atoms with van der Waals surface area (Å²) in [5, 5.41) is 12.5. The van der Waals surface area contributed by atoms with Crippen molar-refractivity contribution < 1.29 is 9.84 Å². The quantitative estimate of drug-likeness (QED) is 0.813. The van der Waals surface area contributed by atoms with Gasteiger partial charge in [-0.3, -0.25) is 0 Å². The molecule has 2 rings (SSSR count). The van der Waals surface area contributed by atoms with Crippen LogP contribution < -0.4 is 5.32 Å². The second kappa shape index (κ2) is 7.80. The van der Waals surface area contributed by atoms with Gasteiger partial charge in [-0.05, 0) is 16.7 Å². The van der Waals surface area contributed by atoms with Crippen LogP contribution in [0.15, 0.2) is 54.6 Å². The number of ether oxygens (including phenoxy) is 1. The molecule has 2 aromatic carbocycles.